The second-order valence-electron chi connectivity index (χ2n) is 6.72. The van der Waals surface area contributed by atoms with E-state index in [1.165, 1.54) is 15.9 Å². The summed E-state index contributed by atoms with van der Waals surface area (Å²) in [5.41, 5.74) is 3.03. The van der Waals surface area contributed by atoms with E-state index in [4.69, 9.17) is 4.74 Å². The van der Waals surface area contributed by atoms with Crippen LogP contribution in [0.3, 0.4) is 0 Å². The summed E-state index contributed by atoms with van der Waals surface area (Å²) in [6, 6.07) is 8.08. The number of morpholine rings is 1. The molecule has 7 heteroatoms. The topological polar surface area (TPSA) is 75.3 Å². The van der Waals surface area contributed by atoms with E-state index in [2.05, 4.69) is 6.07 Å². The van der Waals surface area contributed by atoms with Gasteiger partial charge in [-0.05, 0) is 38.0 Å². The van der Waals surface area contributed by atoms with E-state index in [0.717, 1.165) is 16.7 Å². The first-order chi connectivity index (χ1) is 13.5. The highest BCUT2D eigenvalue weighted by Gasteiger charge is 2.23. The van der Waals surface area contributed by atoms with Crippen molar-refractivity contribution >= 4 is 28.9 Å². The number of ether oxygens (including phenoxy) is 1. The summed E-state index contributed by atoms with van der Waals surface area (Å²) in [7, 11) is 0. The largest absolute Gasteiger partial charge is 0.378 e. The Morgan fingerprint density at radius 3 is 2.64 bits per heavy atom. The minimum Gasteiger partial charge on any atom is -0.378 e. The molecule has 0 unspecified atom stereocenters. The molecule has 0 atom stereocenters. The lowest BCUT2D eigenvalue weighted by Crippen LogP contribution is -2.42. The molecule has 0 bridgehead atoms. The van der Waals surface area contributed by atoms with Crippen molar-refractivity contribution in [3.8, 4) is 6.07 Å². The van der Waals surface area contributed by atoms with Crippen molar-refractivity contribution in [3.63, 3.8) is 0 Å². The van der Waals surface area contributed by atoms with Crippen LogP contribution in [-0.2, 0) is 16.1 Å². The summed E-state index contributed by atoms with van der Waals surface area (Å²) in [5.74, 6) is -0.340. The summed E-state index contributed by atoms with van der Waals surface area (Å²) in [5, 5.41) is 9.68. The summed E-state index contributed by atoms with van der Waals surface area (Å²) < 4.78 is 7.73. The minimum atomic E-state index is -0.340. The van der Waals surface area contributed by atoms with Crippen molar-refractivity contribution in [2.45, 2.75) is 27.3 Å². The fourth-order valence-electron chi connectivity index (χ4n) is 3.23. The molecule has 1 aliphatic rings. The van der Waals surface area contributed by atoms with Gasteiger partial charge in [0.2, 0.25) is 0 Å². The van der Waals surface area contributed by atoms with Crippen molar-refractivity contribution in [2.24, 2.45) is 0 Å². The number of aromatic nitrogens is 1. The number of thiazole rings is 1. The fraction of sp³-hybridized carbons (Fsp3) is 0.381. The van der Waals surface area contributed by atoms with Gasteiger partial charge in [-0.3, -0.25) is 14.2 Å². The Morgan fingerprint density at radius 1 is 1.32 bits per heavy atom. The monoisotopic (exact) mass is 397 g/mol. The number of aryl methyl sites for hydroxylation is 2. The van der Waals surface area contributed by atoms with Crippen LogP contribution in [0.15, 0.2) is 23.0 Å². The number of rotatable bonds is 3. The third kappa shape index (κ3) is 3.93. The SMILES string of the molecule is CCn1c(=C(C#N)C(=O)N2CCOCC2)sc(=Cc2ccc(C)cc2C)c1=O. The molecule has 3 rings (SSSR count). The lowest BCUT2D eigenvalue weighted by molar-refractivity contribution is -0.128. The van der Waals surface area contributed by atoms with Crippen LogP contribution < -0.4 is 14.8 Å². The highest BCUT2D eigenvalue weighted by molar-refractivity contribution is 7.07. The van der Waals surface area contributed by atoms with Crippen molar-refractivity contribution < 1.29 is 9.53 Å². The van der Waals surface area contributed by atoms with Crippen molar-refractivity contribution in [3.05, 3.63) is 54.4 Å². The number of nitriles is 1. The Labute approximate surface area is 167 Å². The van der Waals surface area contributed by atoms with Gasteiger partial charge in [0.05, 0.1) is 17.7 Å². The van der Waals surface area contributed by atoms with Gasteiger partial charge in [-0.15, -0.1) is 11.3 Å². The van der Waals surface area contributed by atoms with Gasteiger partial charge in [0.25, 0.3) is 11.5 Å². The third-order valence-corrected chi connectivity index (χ3v) is 5.90. The minimum absolute atomic E-state index is 0.0196. The van der Waals surface area contributed by atoms with Gasteiger partial charge in [0, 0.05) is 19.6 Å². The van der Waals surface area contributed by atoms with E-state index in [1.54, 1.807) is 4.90 Å². The van der Waals surface area contributed by atoms with Crippen LogP contribution in [0.5, 0.6) is 0 Å². The molecular weight excluding hydrogens is 374 g/mol. The fourth-order valence-corrected chi connectivity index (χ4v) is 4.38. The zero-order chi connectivity index (χ0) is 20.3. The van der Waals surface area contributed by atoms with Gasteiger partial charge in [-0.25, -0.2) is 0 Å². The van der Waals surface area contributed by atoms with Crippen LogP contribution in [0.4, 0.5) is 0 Å². The lowest BCUT2D eigenvalue weighted by Gasteiger charge is -2.26. The zero-order valence-corrected chi connectivity index (χ0v) is 17.1. The molecule has 2 heterocycles. The molecule has 1 fully saturated rings. The molecule has 0 radical (unpaired) electrons. The van der Waals surface area contributed by atoms with Crippen LogP contribution >= 0.6 is 11.3 Å². The number of carbonyl (C=O) groups is 1. The van der Waals surface area contributed by atoms with Crippen molar-refractivity contribution in [1.29, 1.82) is 5.26 Å². The Balaban J connectivity index is 2.18. The zero-order valence-electron chi connectivity index (χ0n) is 16.3. The maximum atomic E-state index is 12.9. The molecule has 1 aromatic carbocycles. The van der Waals surface area contributed by atoms with E-state index in [-0.39, 0.29) is 17.0 Å². The van der Waals surface area contributed by atoms with Crippen LogP contribution in [0.1, 0.15) is 23.6 Å². The van der Waals surface area contributed by atoms with E-state index in [1.807, 2.05) is 45.0 Å². The third-order valence-electron chi connectivity index (χ3n) is 4.77. The molecule has 2 aromatic rings. The summed E-state index contributed by atoms with van der Waals surface area (Å²) >= 11 is 1.20. The van der Waals surface area contributed by atoms with Gasteiger partial charge in [0.1, 0.15) is 10.7 Å². The van der Waals surface area contributed by atoms with E-state index < -0.39 is 0 Å². The van der Waals surface area contributed by atoms with Crippen LogP contribution in [0.25, 0.3) is 11.6 Å². The smallest absolute Gasteiger partial charge is 0.269 e. The number of carbonyl (C=O) groups excluding carboxylic acids is 1. The Bertz CT molecular complexity index is 1120. The second kappa shape index (κ2) is 8.55. The number of hydrogen-bond acceptors (Lipinski definition) is 5. The molecule has 1 amide bonds. The molecule has 0 saturated carbocycles. The maximum absolute atomic E-state index is 12.9. The van der Waals surface area contributed by atoms with E-state index >= 15 is 0 Å². The first-order valence-corrected chi connectivity index (χ1v) is 10.1. The molecule has 0 aliphatic carbocycles. The van der Waals surface area contributed by atoms with Crippen molar-refractivity contribution in [2.75, 3.05) is 26.3 Å². The molecule has 146 valence electrons. The molecular formula is C21H23N3O3S. The molecule has 1 saturated heterocycles. The van der Waals surface area contributed by atoms with Gasteiger partial charge < -0.3 is 9.64 Å². The van der Waals surface area contributed by atoms with Gasteiger partial charge >= 0.3 is 0 Å². The molecule has 1 aliphatic heterocycles. The Hall–Kier alpha value is -2.69. The van der Waals surface area contributed by atoms with Crippen LogP contribution in [0.2, 0.25) is 0 Å². The maximum Gasteiger partial charge on any atom is 0.269 e. The predicted octanol–water partition coefficient (Wildman–Crippen LogP) is 0.908. The molecule has 0 spiro atoms. The van der Waals surface area contributed by atoms with Gasteiger partial charge in [-0.2, -0.15) is 5.26 Å². The van der Waals surface area contributed by atoms with Crippen LogP contribution in [0, 0.1) is 25.2 Å². The Morgan fingerprint density at radius 2 is 2.04 bits per heavy atom. The summed E-state index contributed by atoms with van der Waals surface area (Å²) in [4.78, 5) is 27.4. The lowest BCUT2D eigenvalue weighted by atomic mass is 10.1. The number of benzene rings is 1. The van der Waals surface area contributed by atoms with E-state index in [9.17, 15) is 14.9 Å². The van der Waals surface area contributed by atoms with Gasteiger partial charge in [-0.1, -0.05) is 23.8 Å². The highest BCUT2D eigenvalue weighted by Crippen LogP contribution is 2.11. The van der Waals surface area contributed by atoms with Crippen molar-refractivity contribution in [1.82, 2.24) is 9.47 Å². The molecule has 0 N–H and O–H groups in total. The molecule has 6 nitrogen and oxygen atoms in total. The first kappa shape index (κ1) is 20.1. The number of hydrogen-bond donors (Lipinski definition) is 0. The average molecular weight is 398 g/mol. The molecule has 1 aromatic heterocycles. The summed E-state index contributed by atoms with van der Waals surface area (Å²) in [6.45, 7) is 8.08. The first-order valence-electron chi connectivity index (χ1n) is 9.26. The quantitative estimate of drug-likeness (QED) is 0.772. The van der Waals surface area contributed by atoms with Crippen LogP contribution in [-0.4, -0.2) is 41.7 Å². The molecule has 28 heavy (non-hydrogen) atoms. The van der Waals surface area contributed by atoms with Gasteiger partial charge in [0.15, 0.2) is 5.57 Å². The second-order valence-corrected chi connectivity index (χ2v) is 7.75. The predicted molar refractivity (Wildman–Crippen MR) is 109 cm³/mol. The average Bonchev–Trinajstić information content (AvgIpc) is 3.00. The van der Waals surface area contributed by atoms with E-state index in [0.29, 0.717) is 42.0 Å². The normalized spacial score (nSPS) is 16.1. The number of amides is 1. The Kier molecular flexibility index (Phi) is 6.12. The summed E-state index contributed by atoms with van der Waals surface area (Å²) in [6.07, 6.45) is 1.84. The highest BCUT2D eigenvalue weighted by atomic mass is 32.1. The number of nitrogens with zero attached hydrogens (tertiary/aromatic N) is 3. The standard InChI is InChI=1S/C21H23N3O3S/c1-4-24-20(26)18(12-16-6-5-14(2)11-15(16)3)28-21(24)17(13-22)19(25)23-7-9-27-10-8-23/h5-6,11-12H,4,7-10H2,1-3H3.